The summed E-state index contributed by atoms with van der Waals surface area (Å²) in [4.78, 5) is 12.2. The van der Waals surface area contributed by atoms with Crippen LogP contribution in [0.3, 0.4) is 0 Å². The van der Waals surface area contributed by atoms with Crippen LogP contribution in [0, 0.1) is 0 Å². The van der Waals surface area contributed by atoms with Crippen LogP contribution in [0.4, 0.5) is 0 Å². The van der Waals surface area contributed by atoms with E-state index in [1.807, 2.05) is 26.1 Å². The molecular formula is C12H17NO2S. The van der Waals surface area contributed by atoms with Crippen LogP contribution in [0.25, 0.3) is 0 Å². The predicted molar refractivity (Wildman–Crippen MR) is 66.6 cm³/mol. The van der Waals surface area contributed by atoms with Gasteiger partial charge in [0.1, 0.15) is 0 Å². The van der Waals surface area contributed by atoms with Gasteiger partial charge in [0.15, 0.2) is 0 Å². The second kappa shape index (κ2) is 7.30. The van der Waals surface area contributed by atoms with Gasteiger partial charge in [-0.3, -0.25) is 4.79 Å². The maximum absolute atomic E-state index is 11.1. The summed E-state index contributed by atoms with van der Waals surface area (Å²) in [6.07, 6.45) is 0. The lowest BCUT2D eigenvalue weighted by Crippen LogP contribution is -2.06. The smallest absolute Gasteiger partial charge is 0.316 e. The monoisotopic (exact) mass is 239 g/mol. The maximum Gasteiger partial charge on any atom is 0.316 e. The molecule has 1 aromatic rings. The van der Waals surface area contributed by atoms with Crippen molar-refractivity contribution in [3.63, 3.8) is 0 Å². The zero-order chi connectivity index (χ0) is 11.8. The van der Waals surface area contributed by atoms with Crippen LogP contribution in [0.5, 0.6) is 0 Å². The largest absolute Gasteiger partial charge is 0.465 e. The van der Waals surface area contributed by atoms with Gasteiger partial charge in [-0.25, -0.2) is 0 Å². The minimum absolute atomic E-state index is 0.160. The van der Waals surface area contributed by atoms with E-state index in [2.05, 4.69) is 17.4 Å². The van der Waals surface area contributed by atoms with Crippen LogP contribution in [-0.2, 0) is 16.1 Å². The molecule has 88 valence electrons. The van der Waals surface area contributed by atoms with Gasteiger partial charge in [0.05, 0.1) is 12.4 Å². The summed E-state index contributed by atoms with van der Waals surface area (Å²) in [5.41, 5.74) is 1.24. The molecule has 0 aliphatic heterocycles. The molecule has 0 spiro atoms. The number of nitrogens with one attached hydrogen (secondary N) is 1. The van der Waals surface area contributed by atoms with E-state index in [0.717, 1.165) is 11.4 Å². The SMILES string of the molecule is CCOC(=O)CSc1ccc(CNC)cc1. The fourth-order valence-electron chi connectivity index (χ4n) is 1.25. The minimum atomic E-state index is -0.160. The predicted octanol–water partition coefficient (Wildman–Crippen LogP) is 2.06. The summed E-state index contributed by atoms with van der Waals surface area (Å²) < 4.78 is 4.86. The molecule has 16 heavy (non-hydrogen) atoms. The van der Waals surface area contributed by atoms with Crippen molar-refractivity contribution in [2.24, 2.45) is 0 Å². The number of hydrogen-bond acceptors (Lipinski definition) is 4. The van der Waals surface area contributed by atoms with Gasteiger partial charge in [-0.2, -0.15) is 0 Å². The number of thioether (sulfide) groups is 1. The Morgan fingerprint density at radius 3 is 2.62 bits per heavy atom. The molecule has 0 aromatic heterocycles. The number of benzene rings is 1. The first-order valence-corrected chi connectivity index (χ1v) is 6.26. The van der Waals surface area contributed by atoms with Crippen LogP contribution in [0.15, 0.2) is 29.2 Å². The van der Waals surface area contributed by atoms with Crippen LogP contribution in [0.2, 0.25) is 0 Å². The average Bonchev–Trinajstić information content (AvgIpc) is 2.29. The molecule has 0 atom stereocenters. The second-order valence-electron chi connectivity index (χ2n) is 3.27. The van der Waals surface area contributed by atoms with Crippen molar-refractivity contribution >= 4 is 17.7 Å². The molecule has 0 aliphatic carbocycles. The van der Waals surface area contributed by atoms with Crippen molar-refractivity contribution < 1.29 is 9.53 Å². The van der Waals surface area contributed by atoms with Gasteiger partial charge in [-0.05, 0) is 31.7 Å². The third-order valence-electron chi connectivity index (χ3n) is 1.97. The molecule has 0 saturated carbocycles. The normalized spacial score (nSPS) is 10.1. The number of hydrogen-bond donors (Lipinski definition) is 1. The number of carbonyl (C=O) groups excluding carboxylic acids is 1. The lowest BCUT2D eigenvalue weighted by molar-refractivity contribution is -0.139. The molecule has 0 amide bonds. The van der Waals surface area contributed by atoms with Crippen molar-refractivity contribution in [1.82, 2.24) is 5.32 Å². The first-order chi connectivity index (χ1) is 7.76. The van der Waals surface area contributed by atoms with Gasteiger partial charge in [0.25, 0.3) is 0 Å². The Labute approximate surface area is 101 Å². The summed E-state index contributed by atoms with van der Waals surface area (Å²) in [6, 6.07) is 8.17. The Bertz CT molecular complexity index is 324. The van der Waals surface area contributed by atoms with Gasteiger partial charge >= 0.3 is 5.97 Å². The number of ether oxygens (including phenoxy) is 1. The summed E-state index contributed by atoms with van der Waals surface area (Å²) in [5, 5.41) is 3.09. The van der Waals surface area contributed by atoms with E-state index in [4.69, 9.17) is 4.74 Å². The lowest BCUT2D eigenvalue weighted by Gasteiger charge is -2.03. The van der Waals surface area contributed by atoms with Gasteiger partial charge < -0.3 is 10.1 Å². The third kappa shape index (κ3) is 4.68. The summed E-state index contributed by atoms with van der Waals surface area (Å²) in [6.45, 7) is 3.12. The molecule has 0 unspecified atom stereocenters. The Kier molecular flexibility index (Phi) is 5.96. The van der Waals surface area contributed by atoms with Crippen molar-refractivity contribution in [1.29, 1.82) is 0 Å². The molecule has 1 N–H and O–H groups in total. The van der Waals surface area contributed by atoms with Crippen LogP contribution in [-0.4, -0.2) is 25.4 Å². The second-order valence-corrected chi connectivity index (χ2v) is 4.32. The fourth-order valence-corrected chi connectivity index (χ4v) is 1.95. The van der Waals surface area contributed by atoms with Gasteiger partial charge in [-0.15, -0.1) is 11.8 Å². The number of esters is 1. The molecular weight excluding hydrogens is 222 g/mol. The van der Waals surface area contributed by atoms with Gasteiger partial charge in [-0.1, -0.05) is 12.1 Å². The van der Waals surface area contributed by atoms with Crippen molar-refractivity contribution in [2.45, 2.75) is 18.4 Å². The van der Waals surface area contributed by atoms with E-state index in [1.54, 1.807) is 0 Å². The Hall–Kier alpha value is -1.00. The van der Waals surface area contributed by atoms with Crippen molar-refractivity contribution in [2.75, 3.05) is 19.4 Å². The molecule has 0 fully saturated rings. The molecule has 1 rings (SSSR count). The van der Waals surface area contributed by atoms with E-state index in [1.165, 1.54) is 17.3 Å². The summed E-state index contributed by atoms with van der Waals surface area (Å²) in [7, 11) is 1.92. The molecule has 1 aromatic carbocycles. The molecule has 3 nitrogen and oxygen atoms in total. The average molecular weight is 239 g/mol. The Morgan fingerprint density at radius 2 is 2.06 bits per heavy atom. The molecule has 0 heterocycles. The van der Waals surface area contributed by atoms with Gasteiger partial charge in [0, 0.05) is 11.4 Å². The topological polar surface area (TPSA) is 38.3 Å². The van der Waals surface area contributed by atoms with E-state index in [0.29, 0.717) is 12.4 Å². The molecule has 0 radical (unpaired) electrons. The van der Waals surface area contributed by atoms with E-state index >= 15 is 0 Å². The van der Waals surface area contributed by atoms with Crippen LogP contribution >= 0.6 is 11.8 Å². The first kappa shape index (κ1) is 13.1. The minimum Gasteiger partial charge on any atom is -0.465 e. The lowest BCUT2D eigenvalue weighted by atomic mass is 10.2. The quantitative estimate of drug-likeness (QED) is 0.609. The fraction of sp³-hybridized carbons (Fsp3) is 0.417. The highest BCUT2D eigenvalue weighted by molar-refractivity contribution is 8.00. The maximum atomic E-state index is 11.1. The van der Waals surface area contributed by atoms with E-state index < -0.39 is 0 Å². The van der Waals surface area contributed by atoms with Crippen molar-refractivity contribution in [3.05, 3.63) is 29.8 Å². The summed E-state index contributed by atoms with van der Waals surface area (Å²) in [5.74, 6) is 0.214. The Morgan fingerprint density at radius 1 is 1.38 bits per heavy atom. The van der Waals surface area contributed by atoms with Crippen LogP contribution in [0.1, 0.15) is 12.5 Å². The molecule has 4 heteroatoms. The summed E-state index contributed by atoms with van der Waals surface area (Å²) >= 11 is 1.50. The van der Waals surface area contributed by atoms with E-state index in [9.17, 15) is 4.79 Å². The third-order valence-corrected chi connectivity index (χ3v) is 2.95. The highest BCUT2D eigenvalue weighted by atomic mass is 32.2. The van der Waals surface area contributed by atoms with Gasteiger partial charge in [0.2, 0.25) is 0 Å². The zero-order valence-corrected chi connectivity index (χ0v) is 10.5. The zero-order valence-electron chi connectivity index (χ0n) is 9.66. The highest BCUT2D eigenvalue weighted by Crippen LogP contribution is 2.18. The van der Waals surface area contributed by atoms with Crippen molar-refractivity contribution in [3.8, 4) is 0 Å². The molecule has 0 bridgehead atoms. The van der Waals surface area contributed by atoms with Crippen LogP contribution < -0.4 is 5.32 Å². The van der Waals surface area contributed by atoms with E-state index in [-0.39, 0.29) is 5.97 Å². The number of carbonyl (C=O) groups is 1. The first-order valence-electron chi connectivity index (χ1n) is 5.28. The highest BCUT2D eigenvalue weighted by Gasteiger charge is 2.02. The standard InChI is InChI=1S/C12H17NO2S/c1-3-15-12(14)9-16-11-6-4-10(5-7-11)8-13-2/h4-7,13H,3,8-9H2,1-2H3. The molecule has 0 aliphatic rings. The number of rotatable bonds is 6. The Balaban J connectivity index is 2.40. The molecule has 0 saturated heterocycles.